The molecule has 1 N–H and O–H groups in total. The van der Waals surface area contributed by atoms with Crippen molar-refractivity contribution in [3.63, 3.8) is 0 Å². The summed E-state index contributed by atoms with van der Waals surface area (Å²) in [4.78, 5) is 37.8. The summed E-state index contributed by atoms with van der Waals surface area (Å²) in [6, 6.07) is 0. The molecule has 0 amide bonds. The van der Waals surface area contributed by atoms with Crippen molar-refractivity contribution >= 4 is 17.9 Å². The van der Waals surface area contributed by atoms with Crippen molar-refractivity contribution in [3.05, 3.63) is 158 Å². The molecule has 0 heterocycles. The highest BCUT2D eigenvalue weighted by molar-refractivity contribution is 5.71. The number of carboxylic acid groups (broad SMARTS) is 1. The van der Waals surface area contributed by atoms with Crippen LogP contribution in [-0.2, 0) is 33.3 Å². The monoisotopic (exact) mass is 1400 g/mol. The van der Waals surface area contributed by atoms with Crippen molar-refractivity contribution in [2.24, 2.45) is 0 Å². The van der Waals surface area contributed by atoms with E-state index in [9.17, 15) is 19.5 Å². The zero-order valence-electron chi connectivity index (χ0n) is 66.0. The predicted molar refractivity (Wildman–Crippen MR) is 437 cm³/mol. The Morgan fingerprint density at radius 3 is 0.792 bits per heavy atom. The number of esters is 2. The van der Waals surface area contributed by atoms with Gasteiger partial charge in [-0.3, -0.25) is 9.59 Å². The molecule has 0 saturated heterocycles. The lowest BCUT2D eigenvalue weighted by atomic mass is 10.0. The fourth-order valence-corrected chi connectivity index (χ4v) is 11.5. The first-order valence-corrected chi connectivity index (χ1v) is 41.6. The summed E-state index contributed by atoms with van der Waals surface area (Å²) in [6.07, 6.45) is 117. The first-order valence-electron chi connectivity index (χ1n) is 41.6. The molecule has 2 unspecified atom stereocenters. The van der Waals surface area contributed by atoms with E-state index in [1.54, 1.807) is 0 Å². The lowest BCUT2D eigenvalue weighted by Gasteiger charge is -2.25. The third kappa shape index (κ3) is 82.1. The molecule has 0 aromatic carbocycles. The maximum atomic E-state index is 13.0. The molecular weight excluding hydrogens is 1250 g/mol. The van der Waals surface area contributed by atoms with Crippen LogP contribution in [0.2, 0.25) is 0 Å². The summed E-state index contributed by atoms with van der Waals surface area (Å²) in [5.74, 6) is -2.00. The van der Waals surface area contributed by atoms with Crippen molar-refractivity contribution in [2.75, 3.05) is 47.5 Å². The number of rotatable bonds is 76. The normalized spacial score (nSPS) is 13.5. The second kappa shape index (κ2) is 80.6. The minimum atomic E-state index is -1.52. The Morgan fingerprint density at radius 2 is 0.535 bits per heavy atom. The molecule has 0 aliphatic heterocycles. The number of carboxylic acids is 1. The van der Waals surface area contributed by atoms with Gasteiger partial charge in [-0.2, -0.15) is 0 Å². The number of hydrogen-bond donors (Lipinski definition) is 1. The van der Waals surface area contributed by atoms with Gasteiger partial charge in [0, 0.05) is 12.8 Å². The number of aliphatic carboxylic acids is 1. The summed E-state index contributed by atoms with van der Waals surface area (Å²) in [6.45, 7) is 4.68. The molecule has 0 aromatic heterocycles. The largest absolute Gasteiger partial charge is 0.477 e. The SMILES string of the molecule is CC/C=C\C/C=C\C/C=C\C/C=C\C/C=C\C/C=C\C/C=C\C/C=C\CCCCCCCCCCCCCCCCC(=O)OC(COC(=O)CCCCCCCCCCCCCCCCCCCCCCC/C=C\C/C=C\C/C=C\C/C=C\C/C=C\CC)COC(OCC[N+](C)(C)C)C(=O)O. The van der Waals surface area contributed by atoms with Gasteiger partial charge in [0.05, 0.1) is 34.4 Å². The van der Waals surface area contributed by atoms with Crippen LogP contribution in [0.1, 0.15) is 348 Å². The molecule has 0 bridgehead atoms. The van der Waals surface area contributed by atoms with E-state index < -0.39 is 24.3 Å². The quantitative estimate of drug-likeness (QED) is 0.0211. The van der Waals surface area contributed by atoms with Gasteiger partial charge in [-0.25, -0.2) is 4.79 Å². The second-order valence-corrected chi connectivity index (χ2v) is 28.7. The van der Waals surface area contributed by atoms with Gasteiger partial charge in [0.15, 0.2) is 6.10 Å². The number of hydrogen-bond acceptors (Lipinski definition) is 7. The van der Waals surface area contributed by atoms with E-state index >= 15 is 0 Å². The average molecular weight is 1400 g/mol. The topological polar surface area (TPSA) is 108 Å². The van der Waals surface area contributed by atoms with Crippen molar-refractivity contribution in [1.29, 1.82) is 0 Å². The number of likely N-dealkylation sites (N-methyl/N-ethyl adjacent to an activating group) is 1. The molecule has 0 aromatic rings. The van der Waals surface area contributed by atoms with Gasteiger partial charge in [0.1, 0.15) is 13.2 Å². The molecule has 0 aliphatic carbocycles. The first kappa shape index (κ1) is 95.9. The summed E-state index contributed by atoms with van der Waals surface area (Å²) in [5.41, 5.74) is 0. The van der Waals surface area contributed by atoms with E-state index in [4.69, 9.17) is 18.9 Å². The maximum Gasteiger partial charge on any atom is 0.361 e. The highest BCUT2D eigenvalue weighted by atomic mass is 16.7. The van der Waals surface area contributed by atoms with Crippen LogP contribution in [0.3, 0.4) is 0 Å². The van der Waals surface area contributed by atoms with Gasteiger partial charge >= 0.3 is 17.9 Å². The number of carbonyl (C=O) groups is 3. The average Bonchev–Trinajstić information content (AvgIpc) is 1.21. The molecule has 9 heteroatoms. The minimum Gasteiger partial charge on any atom is -0.477 e. The van der Waals surface area contributed by atoms with Crippen LogP contribution < -0.4 is 0 Å². The Balaban J connectivity index is 4.02. The van der Waals surface area contributed by atoms with E-state index in [-0.39, 0.29) is 32.2 Å². The van der Waals surface area contributed by atoms with Crippen LogP contribution in [0.5, 0.6) is 0 Å². The van der Waals surface area contributed by atoms with Crippen molar-refractivity contribution in [2.45, 2.75) is 360 Å². The van der Waals surface area contributed by atoms with Crippen molar-refractivity contribution < 1.29 is 42.9 Å². The van der Waals surface area contributed by atoms with Gasteiger partial charge in [-0.15, -0.1) is 0 Å². The number of ether oxygens (including phenoxy) is 4. The zero-order chi connectivity index (χ0) is 73.2. The van der Waals surface area contributed by atoms with Crippen LogP contribution in [0.25, 0.3) is 0 Å². The molecule has 2 atom stereocenters. The van der Waals surface area contributed by atoms with E-state index in [1.165, 1.54) is 193 Å². The van der Waals surface area contributed by atoms with Crippen LogP contribution in [0, 0.1) is 0 Å². The zero-order valence-corrected chi connectivity index (χ0v) is 66.0. The molecule has 0 spiro atoms. The fraction of sp³-hybridized carbons (Fsp3) is 0.685. The Labute approximate surface area is 623 Å². The highest BCUT2D eigenvalue weighted by Crippen LogP contribution is 2.19. The Hall–Kier alpha value is -5.09. The summed E-state index contributed by atoms with van der Waals surface area (Å²) in [7, 11) is 5.99. The first-order chi connectivity index (χ1) is 49.6. The van der Waals surface area contributed by atoms with Gasteiger partial charge < -0.3 is 28.5 Å². The van der Waals surface area contributed by atoms with E-state index in [2.05, 4.69) is 172 Å². The smallest absolute Gasteiger partial charge is 0.361 e. The van der Waals surface area contributed by atoms with Crippen molar-refractivity contribution in [1.82, 2.24) is 0 Å². The molecule has 101 heavy (non-hydrogen) atoms. The molecule has 0 fully saturated rings. The third-order valence-electron chi connectivity index (χ3n) is 17.8. The highest BCUT2D eigenvalue weighted by Gasteiger charge is 2.25. The predicted octanol–water partition coefficient (Wildman–Crippen LogP) is 27.1. The lowest BCUT2D eigenvalue weighted by Crippen LogP contribution is -2.40. The molecule has 0 radical (unpaired) electrons. The number of unbranched alkanes of at least 4 members (excludes halogenated alkanes) is 35. The number of carbonyl (C=O) groups excluding carboxylic acids is 2. The Morgan fingerprint density at radius 1 is 0.297 bits per heavy atom. The second-order valence-electron chi connectivity index (χ2n) is 28.7. The summed E-state index contributed by atoms with van der Waals surface area (Å²) in [5, 5.41) is 9.79. The van der Waals surface area contributed by atoms with Gasteiger partial charge in [-0.05, 0) is 122 Å². The molecule has 576 valence electrons. The van der Waals surface area contributed by atoms with Gasteiger partial charge in [0.2, 0.25) is 0 Å². The molecule has 0 rings (SSSR count). The lowest BCUT2D eigenvalue weighted by molar-refractivity contribution is -0.870. The van der Waals surface area contributed by atoms with Crippen molar-refractivity contribution in [3.8, 4) is 0 Å². The van der Waals surface area contributed by atoms with Crippen LogP contribution in [0.4, 0.5) is 0 Å². The minimum absolute atomic E-state index is 0.184. The number of nitrogens with zero attached hydrogens (tertiary/aromatic N) is 1. The van der Waals surface area contributed by atoms with Crippen LogP contribution >= 0.6 is 0 Å². The van der Waals surface area contributed by atoms with E-state index in [0.29, 0.717) is 23.9 Å². The molecule has 0 aliphatic rings. The number of quaternary nitrogens is 1. The molecule has 0 saturated carbocycles. The van der Waals surface area contributed by atoms with Crippen LogP contribution in [0.15, 0.2) is 158 Å². The van der Waals surface area contributed by atoms with Crippen LogP contribution in [-0.4, -0.2) is 87.4 Å². The fourth-order valence-electron chi connectivity index (χ4n) is 11.5. The van der Waals surface area contributed by atoms with E-state index in [0.717, 1.165) is 122 Å². The summed E-state index contributed by atoms with van der Waals surface area (Å²) < 4.78 is 23.1. The standard InChI is InChI=1S/C92H155NO8/c1-6-8-10-12-14-16-18-20-22-24-26-28-30-32-34-36-38-40-42-44-45-47-49-51-53-55-57-59-61-63-65-67-69-71-73-75-77-79-81-83-90(95)101-88(87-100-92(91(96)97)98-85-84-93(3,4)5)86-99-89(94)82-80-78-76-74-72-70-68-66-64-62-60-58-56-54-52-50-48-46-43-41-39-37-35-33-31-29-27-25-23-21-19-17-15-13-11-9-7-2/h8-11,14-17,20-23,26-29,32-35,38,40,44-45,49,51,88,92H,6-7,12-13,18-19,24-25,30-31,36-37,39,41-43,46-48,50,52-87H2,1-5H3/p+1/b10-8-,11-9-,16-14-,17-15-,22-20-,23-21-,28-26-,29-27-,34-32-,35-33-,40-38-,45-44-,51-49-. The third-order valence-corrected chi connectivity index (χ3v) is 17.8. The van der Waals surface area contributed by atoms with Gasteiger partial charge in [-0.1, -0.05) is 371 Å². The van der Waals surface area contributed by atoms with E-state index in [1.807, 2.05) is 21.1 Å². The molecular formula is C92H156NO8+. The Bertz CT molecular complexity index is 2230. The molecule has 9 nitrogen and oxygen atoms in total. The Kier molecular flexibility index (Phi) is 76.5. The summed E-state index contributed by atoms with van der Waals surface area (Å²) >= 11 is 0. The maximum absolute atomic E-state index is 13.0. The van der Waals surface area contributed by atoms with Gasteiger partial charge in [0.25, 0.3) is 6.29 Å². The number of allylic oxidation sites excluding steroid dienone is 26.